The maximum Gasteiger partial charge on any atom is 0.0430 e. The molecule has 3 heteroatoms. The van der Waals surface area contributed by atoms with Gasteiger partial charge in [0.2, 0.25) is 0 Å². The van der Waals surface area contributed by atoms with Crippen LogP contribution in [0, 0.1) is 0 Å². The molecule has 0 radical (unpaired) electrons. The Morgan fingerprint density at radius 2 is 2.00 bits per heavy atom. The molecule has 0 spiro atoms. The number of benzene rings is 2. The third-order valence-electron chi connectivity index (χ3n) is 3.42. The Labute approximate surface area is 116 Å². The van der Waals surface area contributed by atoms with Gasteiger partial charge in [0.1, 0.15) is 0 Å². The van der Waals surface area contributed by atoms with Gasteiger partial charge in [-0.2, -0.15) is 0 Å². The maximum absolute atomic E-state index is 6.02. The molecular weight excluding hydrogens is 288 g/mol. The fourth-order valence-electron chi connectivity index (χ4n) is 2.55. The van der Waals surface area contributed by atoms with E-state index in [9.17, 15) is 0 Å². The summed E-state index contributed by atoms with van der Waals surface area (Å²) in [6, 6.07) is 14.7. The summed E-state index contributed by atoms with van der Waals surface area (Å²) in [5.41, 5.74) is 10.8. The molecule has 2 aromatic rings. The molecule has 1 aliphatic heterocycles. The van der Waals surface area contributed by atoms with E-state index in [0.717, 1.165) is 29.7 Å². The average Bonchev–Trinajstić information content (AvgIpc) is 2.74. The van der Waals surface area contributed by atoms with Gasteiger partial charge >= 0.3 is 0 Å². The van der Waals surface area contributed by atoms with Gasteiger partial charge in [-0.25, -0.2) is 0 Å². The molecule has 2 N–H and O–H groups in total. The van der Waals surface area contributed by atoms with Crippen molar-refractivity contribution in [2.24, 2.45) is 0 Å². The van der Waals surface area contributed by atoms with E-state index in [0.29, 0.717) is 0 Å². The van der Waals surface area contributed by atoms with Gasteiger partial charge in [-0.3, -0.25) is 0 Å². The zero-order valence-corrected chi connectivity index (χ0v) is 11.7. The summed E-state index contributed by atoms with van der Waals surface area (Å²) < 4.78 is 1.13. The van der Waals surface area contributed by atoms with Gasteiger partial charge in [0.05, 0.1) is 0 Å². The molecule has 0 saturated heterocycles. The zero-order valence-electron chi connectivity index (χ0n) is 10.1. The molecule has 1 aliphatic rings. The molecule has 0 bridgehead atoms. The van der Waals surface area contributed by atoms with Gasteiger partial charge in [-0.1, -0.05) is 34.1 Å². The van der Waals surface area contributed by atoms with Crippen LogP contribution in [0.3, 0.4) is 0 Å². The van der Waals surface area contributed by atoms with E-state index in [1.165, 1.54) is 16.8 Å². The summed E-state index contributed by atoms with van der Waals surface area (Å²) in [4.78, 5) is 2.40. The van der Waals surface area contributed by atoms with Crippen LogP contribution in [-0.4, -0.2) is 6.54 Å². The Morgan fingerprint density at radius 1 is 1.17 bits per heavy atom. The van der Waals surface area contributed by atoms with Crippen molar-refractivity contribution in [2.75, 3.05) is 17.2 Å². The number of anilines is 2. The quantitative estimate of drug-likeness (QED) is 0.859. The first-order chi connectivity index (χ1) is 8.74. The minimum absolute atomic E-state index is 0.921. The normalized spacial score (nSPS) is 13.7. The third-order valence-corrected chi connectivity index (χ3v) is 3.92. The van der Waals surface area contributed by atoms with Crippen LogP contribution in [0.1, 0.15) is 11.1 Å². The van der Waals surface area contributed by atoms with Crippen molar-refractivity contribution < 1.29 is 0 Å². The molecular formula is C15H15BrN2. The number of nitrogens with two attached hydrogens (primary N) is 1. The van der Waals surface area contributed by atoms with Gasteiger partial charge in [0, 0.05) is 34.5 Å². The van der Waals surface area contributed by atoms with E-state index in [-0.39, 0.29) is 0 Å². The molecule has 0 amide bonds. The van der Waals surface area contributed by atoms with Crippen LogP contribution in [0.25, 0.3) is 0 Å². The molecule has 0 atom stereocenters. The Balaban J connectivity index is 1.87. The largest absolute Gasteiger partial charge is 0.398 e. The first-order valence-corrected chi connectivity index (χ1v) is 6.90. The second-order valence-electron chi connectivity index (χ2n) is 4.65. The Morgan fingerprint density at radius 3 is 2.83 bits per heavy atom. The van der Waals surface area contributed by atoms with Crippen molar-refractivity contribution in [1.82, 2.24) is 0 Å². The van der Waals surface area contributed by atoms with Crippen molar-refractivity contribution in [3.63, 3.8) is 0 Å². The summed E-state index contributed by atoms with van der Waals surface area (Å²) in [7, 11) is 0. The highest BCUT2D eigenvalue weighted by Crippen LogP contribution is 2.33. The van der Waals surface area contributed by atoms with Crippen LogP contribution in [0.4, 0.5) is 11.4 Å². The number of nitrogen functional groups attached to an aromatic ring is 1. The monoisotopic (exact) mass is 302 g/mol. The predicted molar refractivity (Wildman–Crippen MR) is 79.8 cm³/mol. The van der Waals surface area contributed by atoms with Crippen molar-refractivity contribution in [1.29, 1.82) is 0 Å². The third kappa shape index (κ3) is 2.10. The molecule has 0 aliphatic carbocycles. The Bertz CT molecular complexity index is 580. The number of halogens is 1. The standard InChI is InChI=1S/C15H15BrN2/c16-12-4-1-3-11(9-12)10-18-8-7-13-14(17)5-2-6-15(13)18/h1-6,9H,7-8,10,17H2. The van der Waals surface area contributed by atoms with E-state index in [1.807, 2.05) is 12.1 Å². The summed E-state index contributed by atoms with van der Waals surface area (Å²) in [5.74, 6) is 0. The van der Waals surface area contributed by atoms with E-state index in [4.69, 9.17) is 5.73 Å². The minimum Gasteiger partial charge on any atom is -0.398 e. The van der Waals surface area contributed by atoms with Crippen LogP contribution in [0.15, 0.2) is 46.9 Å². The summed E-state index contributed by atoms with van der Waals surface area (Å²) in [6.45, 7) is 1.99. The highest BCUT2D eigenvalue weighted by molar-refractivity contribution is 9.10. The van der Waals surface area contributed by atoms with Crippen LogP contribution < -0.4 is 10.6 Å². The summed E-state index contributed by atoms with van der Waals surface area (Å²) in [5, 5.41) is 0. The fourth-order valence-corrected chi connectivity index (χ4v) is 2.99. The molecule has 0 unspecified atom stereocenters. The fraction of sp³-hybridized carbons (Fsp3) is 0.200. The smallest absolute Gasteiger partial charge is 0.0430 e. The van der Waals surface area contributed by atoms with Crippen molar-refractivity contribution in [3.05, 3.63) is 58.1 Å². The Hall–Kier alpha value is -1.48. The molecule has 2 nitrogen and oxygen atoms in total. The molecule has 0 aromatic heterocycles. The zero-order chi connectivity index (χ0) is 12.5. The highest BCUT2D eigenvalue weighted by atomic mass is 79.9. The number of hydrogen-bond donors (Lipinski definition) is 1. The number of fused-ring (bicyclic) bond motifs is 1. The van der Waals surface area contributed by atoms with Gasteiger partial charge in [-0.05, 0) is 36.2 Å². The average molecular weight is 303 g/mol. The van der Waals surface area contributed by atoms with Gasteiger partial charge < -0.3 is 10.6 Å². The highest BCUT2D eigenvalue weighted by Gasteiger charge is 2.20. The van der Waals surface area contributed by atoms with Crippen LogP contribution in [0.5, 0.6) is 0 Å². The molecule has 2 aromatic carbocycles. The van der Waals surface area contributed by atoms with Crippen LogP contribution >= 0.6 is 15.9 Å². The van der Waals surface area contributed by atoms with E-state index in [1.54, 1.807) is 0 Å². The van der Waals surface area contributed by atoms with Gasteiger partial charge in [0.25, 0.3) is 0 Å². The lowest BCUT2D eigenvalue weighted by molar-refractivity contribution is 0.836. The molecule has 3 rings (SSSR count). The lowest BCUT2D eigenvalue weighted by Gasteiger charge is -2.19. The van der Waals surface area contributed by atoms with Crippen molar-refractivity contribution >= 4 is 27.3 Å². The second-order valence-corrected chi connectivity index (χ2v) is 5.56. The summed E-state index contributed by atoms with van der Waals surface area (Å²) in [6.07, 6.45) is 1.05. The van der Waals surface area contributed by atoms with Crippen molar-refractivity contribution in [3.8, 4) is 0 Å². The molecule has 0 saturated carbocycles. The Kier molecular flexibility index (Phi) is 3.00. The lowest BCUT2D eigenvalue weighted by Crippen LogP contribution is -2.19. The van der Waals surface area contributed by atoms with Gasteiger partial charge in [-0.15, -0.1) is 0 Å². The predicted octanol–water partition coefficient (Wildman–Crippen LogP) is 3.59. The first kappa shape index (κ1) is 11.6. The van der Waals surface area contributed by atoms with E-state index >= 15 is 0 Å². The summed E-state index contributed by atoms with van der Waals surface area (Å²) >= 11 is 3.52. The lowest BCUT2D eigenvalue weighted by atomic mass is 10.1. The van der Waals surface area contributed by atoms with E-state index in [2.05, 4.69) is 51.2 Å². The van der Waals surface area contributed by atoms with Crippen molar-refractivity contribution in [2.45, 2.75) is 13.0 Å². The first-order valence-electron chi connectivity index (χ1n) is 6.11. The SMILES string of the molecule is Nc1cccc2c1CCN2Cc1cccc(Br)c1. The number of nitrogens with zero attached hydrogens (tertiary/aromatic N) is 1. The molecule has 18 heavy (non-hydrogen) atoms. The van der Waals surface area contributed by atoms with Gasteiger partial charge in [0.15, 0.2) is 0 Å². The van der Waals surface area contributed by atoms with Crippen LogP contribution in [-0.2, 0) is 13.0 Å². The topological polar surface area (TPSA) is 29.3 Å². The molecule has 92 valence electrons. The maximum atomic E-state index is 6.02. The molecule has 0 fully saturated rings. The number of hydrogen-bond acceptors (Lipinski definition) is 2. The number of rotatable bonds is 2. The van der Waals surface area contributed by atoms with Crippen LogP contribution in [0.2, 0.25) is 0 Å². The molecule has 1 heterocycles. The second kappa shape index (κ2) is 4.65. The van der Waals surface area contributed by atoms with E-state index < -0.39 is 0 Å². The minimum atomic E-state index is 0.921.